The molecule has 0 atom stereocenters. The van der Waals surface area contributed by atoms with E-state index in [-0.39, 0.29) is 0 Å². The van der Waals surface area contributed by atoms with Gasteiger partial charge in [0.1, 0.15) is 0 Å². The van der Waals surface area contributed by atoms with Crippen LogP contribution < -0.4 is 0 Å². The van der Waals surface area contributed by atoms with Crippen LogP contribution in [-0.2, 0) is 14.8 Å². The average molecular weight is 639 g/mol. The Balaban J connectivity index is 6.78. The Labute approximate surface area is 206 Å². The number of carboxylic acids is 1. The molecule has 0 spiro atoms. The lowest BCUT2D eigenvalue weighted by molar-refractivity contribution is -0.458. The summed E-state index contributed by atoms with van der Waals surface area (Å²) >= 11 is 0. The third-order valence-electron chi connectivity index (χ3n) is 4.90. The van der Waals surface area contributed by atoms with Crippen molar-refractivity contribution in [2.24, 2.45) is 0 Å². The quantitative estimate of drug-likeness (QED) is 0.186. The van der Waals surface area contributed by atoms with Crippen LogP contribution in [0.2, 0.25) is 0 Å². The molecule has 0 aromatic heterocycles. The van der Waals surface area contributed by atoms with Crippen LogP contribution in [0, 0.1) is 0 Å². The van der Waals surface area contributed by atoms with Crippen LogP contribution >= 0.6 is 0 Å². The zero-order chi connectivity index (χ0) is 32.1. The summed E-state index contributed by atoms with van der Waals surface area (Å²) in [6.45, 7) is 0.545. The van der Waals surface area contributed by atoms with Gasteiger partial charge in [0.25, 0.3) is 10.0 Å². The highest BCUT2D eigenvalue weighted by Crippen LogP contribution is 2.64. The Hall–Kier alpha value is -2.07. The highest BCUT2D eigenvalue weighted by molar-refractivity contribution is 7.90. The molecule has 0 aromatic rings. The second-order valence-electron chi connectivity index (χ2n) is 7.47. The van der Waals surface area contributed by atoms with Gasteiger partial charge in [-0.2, -0.15) is 78.9 Å². The molecular formula is C16H14F17NO4S. The first-order valence-electron chi connectivity index (χ1n) is 9.41. The maximum atomic E-state index is 14.2. The molecule has 0 aliphatic carbocycles. The summed E-state index contributed by atoms with van der Waals surface area (Å²) < 4.78 is 250. The molecule has 0 aliphatic rings. The second-order valence-corrected chi connectivity index (χ2v) is 9.45. The monoisotopic (exact) mass is 639 g/mol. The molecule has 0 aliphatic heterocycles. The molecule has 232 valence electrons. The van der Waals surface area contributed by atoms with Crippen molar-refractivity contribution in [2.45, 2.75) is 66.7 Å². The molecule has 0 heterocycles. The zero-order valence-corrected chi connectivity index (χ0v) is 19.3. The fourth-order valence-electron chi connectivity index (χ4n) is 2.50. The molecule has 39 heavy (non-hydrogen) atoms. The van der Waals surface area contributed by atoms with E-state index in [0.717, 1.165) is 0 Å². The van der Waals surface area contributed by atoms with Crippen molar-refractivity contribution in [3.63, 3.8) is 0 Å². The van der Waals surface area contributed by atoms with Crippen LogP contribution in [-0.4, -0.2) is 83.9 Å². The van der Waals surface area contributed by atoms with Gasteiger partial charge in [-0.05, 0) is 12.8 Å². The Kier molecular flexibility index (Phi) is 9.85. The summed E-state index contributed by atoms with van der Waals surface area (Å²) in [6.07, 6.45) is -9.59. The molecule has 0 amide bonds. The van der Waals surface area contributed by atoms with Crippen LogP contribution in [0.3, 0.4) is 0 Å². The molecule has 0 rings (SSSR count). The van der Waals surface area contributed by atoms with E-state index in [1.807, 2.05) is 0 Å². The summed E-state index contributed by atoms with van der Waals surface area (Å²) in [5.74, 6) is -53.7. The fourth-order valence-corrected chi connectivity index (χ4v) is 3.98. The third kappa shape index (κ3) is 5.35. The standard InChI is InChI=1S/C16H14F17NO4S/c1-3-34(6-4-5-7(2)8(35)36)39(37,38)16(32,33)14(27,28)12(23,24)10(19,20)9(17,18)11(21,22)13(25,26)15(29,30)31/h2-6H2,1H3,(H,35,36). The van der Waals surface area contributed by atoms with E-state index in [1.54, 1.807) is 0 Å². The first-order chi connectivity index (χ1) is 16.8. The maximum Gasteiger partial charge on any atom is 0.460 e. The van der Waals surface area contributed by atoms with Crippen LogP contribution in [0.4, 0.5) is 74.6 Å². The molecule has 0 fully saturated rings. The number of hydrogen-bond donors (Lipinski definition) is 1. The van der Waals surface area contributed by atoms with Gasteiger partial charge < -0.3 is 5.11 Å². The molecule has 0 saturated heterocycles. The van der Waals surface area contributed by atoms with Crippen molar-refractivity contribution in [3.8, 4) is 0 Å². The van der Waals surface area contributed by atoms with Gasteiger partial charge in [-0.15, -0.1) is 0 Å². The molecule has 23 heteroatoms. The average Bonchev–Trinajstić information content (AvgIpc) is 2.74. The van der Waals surface area contributed by atoms with Gasteiger partial charge in [0.15, 0.2) is 0 Å². The van der Waals surface area contributed by atoms with E-state index < -0.39 is 98.8 Å². The number of halogens is 17. The highest BCUT2D eigenvalue weighted by atomic mass is 32.2. The van der Waals surface area contributed by atoms with E-state index in [9.17, 15) is 87.8 Å². The summed E-state index contributed by atoms with van der Waals surface area (Å²) in [5, 5.41) is 0.907. The van der Waals surface area contributed by atoms with Gasteiger partial charge in [-0.3, -0.25) is 0 Å². The lowest BCUT2D eigenvalue weighted by atomic mass is 9.91. The van der Waals surface area contributed by atoms with Crippen LogP contribution in [0.15, 0.2) is 12.2 Å². The van der Waals surface area contributed by atoms with Gasteiger partial charge in [-0.25, -0.2) is 13.2 Å². The minimum atomic E-state index is -8.91. The predicted molar refractivity (Wildman–Crippen MR) is 92.9 cm³/mol. The summed E-state index contributed by atoms with van der Waals surface area (Å²) in [4.78, 5) is 10.6. The smallest absolute Gasteiger partial charge is 0.460 e. The number of nitrogens with zero attached hydrogens (tertiary/aromatic N) is 1. The first-order valence-corrected chi connectivity index (χ1v) is 10.8. The zero-order valence-electron chi connectivity index (χ0n) is 18.5. The van der Waals surface area contributed by atoms with Crippen LogP contribution in [0.5, 0.6) is 0 Å². The number of rotatable bonds is 14. The Bertz CT molecular complexity index is 1040. The lowest BCUT2D eigenvalue weighted by Gasteiger charge is -2.43. The van der Waals surface area contributed by atoms with Gasteiger partial charge >= 0.3 is 52.9 Å². The number of carbonyl (C=O) groups is 1. The SMILES string of the molecule is C=C(CCCN(CC)S(=O)(=O)C(F)(F)C(F)(F)C(F)(F)C(F)(F)C(F)(F)C(F)(F)C(F)(F)C(F)(F)F)C(=O)O. The predicted octanol–water partition coefficient (Wildman–Crippen LogP) is 6.03. The number of sulfonamides is 1. The summed E-state index contributed by atoms with van der Waals surface area (Å²) in [5.41, 5.74) is -0.745. The lowest BCUT2D eigenvalue weighted by Crippen LogP contribution is -2.75. The summed E-state index contributed by atoms with van der Waals surface area (Å²) in [6, 6.07) is 0. The normalized spacial score (nSPS) is 15.6. The van der Waals surface area contributed by atoms with Crippen molar-refractivity contribution in [1.29, 1.82) is 0 Å². The van der Waals surface area contributed by atoms with Crippen molar-refractivity contribution in [2.75, 3.05) is 13.1 Å². The van der Waals surface area contributed by atoms with Crippen LogP contribution in [0.25, 0.3) is 0 Å². The van der Waals surface area contributed by atoms with E-state index in [0.29, 0.717) is 6.92 Å². The van der Waals surface area contributed by atoms with Gasteiger partial charge in [0.05, 0.1) is 0 Å². The number of alkyl halides is 17. The molecule has 0 bridgehead atoms. The van der Waals surface area contributed by atoms with Crippen molar-refractivity contribution in [1.82, 2.24) is 4.31 Å². The van der Waals surface area contributed by atoms with E-state index >= 15 is 0 Å². The molecule has 0 saturated carbocycles. The Morgan fingerprint density at radius 1 is 0.692 bits per heavy atom. The second kappa shape index (κ2) is 10.4. The van der Waals surface area contributed by atoms with Gasteiger partial charge in [-0.1, -0.05) is 13.5 Å². The minimum absolute atomic E-state index is 0.526. The fraction of sp³-hybridized carbons (Fsp3) is 0.812. The Morgan fingerprint density at radius 3 is 1.33 bits per heavy atom. The highest BCUT2D eigenvalue weighted by Gasteiger charge is 2.96. The van der Waals surface area contributed by atoms with Gasteiger partial charge in [0.2, 0.25) is 0 Å². The largest absolute Gasteiger partial charge is 0.478 e. The molecular weight excluding hydrogens is 625 g/mol. The minimum Gasteiger partial charge on any atom is -0.478 e. The molecule has 5 nitrogen and oxygen atoms in total. The van der Waals surface area contributed by atoms with Crippen molar-refractivity contribution >= 4 is 16.0 Å². The number of carboxylic acid groups (broad SMARTS) is 1. The van der Waals surface area contributed by atoms with E-state index in [2.05, 4.69) is 6.58 Å². The van der Waals surface area contributed by atoms with Crippen molar-refractivity contribution in [3.05, 3.63) is 12.2 Å². The summed E-state index contributed by atoms with van der Waals surface area (Å²) in [7, 11) is -7.40. The molecule has 1 N–H and O–H groups in total. The maximum absolute atomic E-state index is 14.2. The van der Waals surface area contributed by atoms with Crippen molar-refractivity contribution < 1.29 is 93.0 Å². The number of aliphatic carboxylic acids is 1. The number of hydrogen-bond acceptors (Lipinski definition) is 3. The molecule has 0 unspecified atom stereocenters. The van der Waals surface area contributed by atoms with E-state index in [1.165, 1.54) is 0 Å². The molecule has 0 radical (unpaired) electrons. The van der Waals surface area contributed by atoms with E-state index in [4.69, 9.17) is 5.11 Å². The van der Waals surface area contributed by atoms with Gasteiger partial charge in [0, 0.05) is 18.7 Å². The Morgan fingerprint density at radius 2 is 1.03 bits per heavy atom. The third-order valence-corrected chi connectivity index (χ3v) is 6.92. The topological polar surface area (TPSA) is 74.7 Å². The molecule has 0 aromatic carbocycles. The first kappa shape index (κ1) is 36.9. The van der Waals surface area contributed by atoms with Crippen LogP contribution in [0.1, 0.15) is 19.8 Å².